The molecule has 1 aromatic carbocycles. The molecule has 0 saturated carbocycles. The number of aromatic nitrogens is 1. The molecule has 0 aliphatic rings. The fourth-order valence-electron chi connectivity index (χ4n) is 1.96. The van der Waals surface area contributed by atoms with E-state index in [-0.39, 0.29) is 11.5 Å². The SMILES string of the molecule is Cc1cncc(C(=O)c2cc3cccc(Cl)c3o2)c1. The summed E-state index contributed by atoms with van der Waals surface area (Å²) in [6.45, 7) is 1.89. The number of halogens is 1. The van der Waals surface area contributed by atoms with Crippen LogP contribution >= 0.6 is 11.6 Å². The van der Waals surface area contributed by atoms with Gasteiger partial charge in [0.2, 0.25) is 5.78 Å². The van der Waals surface area contributed by atoms with E-state index in [2.05, 4.69) is 4.98 Å². The number of ketones is 1. The third-order valence-corrected chi connectivity index (χ3v) is 3.15. The van der Waals surface area contributed by atoms with Crippen LogP contribution in [0.1, 0.15) is 21.7 Å². The number of nitrogens with zero attached hydrogens (tertiary/aromatic N) is 1. The molecule has 2 heterocycles. The molecule has 4 heteroatoms. The molecule has 94 valence electrons. The van der Waals surface area contributed by atoms with Crippen LogP contribution in [-0.4, -0.2) is 10.8 Å². The molecule has 0 radical (unpaired) electrons. The van der Waals surface area contributed by atoms with Gasteiger partial charge in [-0.05, 0) is 30.7 Å². The normalized spacial score (nSPS) is 10.8. The number of para-hydroxylation sites is 1. The molecule has 3 nitrogen and oxygen atoms in total. The topological polar surface area (TPSA) is 43.1 Å². The summed E-state index contributed by atoms with van der Waals surface area (Å²) in [5, 5.41) is 1.32. The van der Waals surface area contributed by atoms with E-state index in [0.29, 0.717) is 16.2 Å². The Morgan fingerprint density at radius 2 is 2.11 bits per heavy atom. The van der Waals surface area contributed by atoms with Crippen molar-refractivity contribution in [2.75, 3.05) is 0 Å². The monoisotopic (exact) mass is 271 g/mol. The van der Waals surface area contributed by atoms with Crippen LogP contribution in [0.3, 0.4) is 0 Å². The standard InChI is InChI=1S/C15H10ClNO2/c1-9-5-11(8-17-7-9)14(18)13-6-10-3-2-4-12(16)15(10)19-13/h2-8H,1H3. The van der Waals surface area contributed by atoms with E-state index in [9.17, 15) is 4.79 Å². The van der Waals surface area contributed by atoms with Crippen LogP contribution in [0.15, 0.2) is 47.1 Å². The van der Waals surface area contributed by atoms with Crippen LogP contribution < -0.4 is 0 Å². The fourth-order valence-corrected chi connectivity index (χ4v) is 2.18. The maximum absolute atomic E-state index is 12.3. The summed E-state index contributed by atoms with van der Waals surface area (Å²) in [5.74, 6) is 0.0824. The lowest BCUT2D eigenvalue weighted by atomic mass is 10.1. The third kappa shape index (κ3) is 2.13. The van der Waals surface area contributed by atoms with Gasteiger partial charge in [-0.15, -0.1) is 0 Å². The van der Waals surface area contributed by atoms with E-state index < -0.39 is 0 Å². The van der Waals surface area contributed by atoms with E-state index in [1.54, 1.807) is 24.4 Å². The molecule has 3 aromatic rings. The molecular weight excluding hydrogens is 262 g/mol. The summed E-state index contributed by atoms with van der Waals surface area (Å²) < 4.78 is 5.55. The second kappa shape index (κ2) is 4.52. The molecular formula is C15H10ClNO2. The zero-order valence-corrected chi connectivity index (χ0v) is 10.9. The summed E-state index contributed by atoms with van der Waals surface area (Å²) in [7, 11) is 0. The number of benzene rings is 1. The molecule has 0 unspecified atom stereocenters. The van der Waals surface area contributed by atoms with Crippen molar-refractivity contribution in [2.45, 2.75) is 6.92 Å². The number of fused-ring (bicyclic) bond motifs is 1. The smallest absolute Gasteiger partial charge is 0.229 e. The second-order valence-corrected chi connectivity index (χ2v) is 4.76. The fraction of sp³-hybridized carbons (Fsp3) is 0.0667. The molecule has 0 aliphatic carbocycles. The van der Waals surface area contributed by atoms with Crippen LogP contribution in [0.25, 0.3) is 11.0 Å². The first-order chi connectivity index (χ1) is 9.15. The van der Waals surface area contributed by atoms with Gasteiger partial charge in [0.25, 0.3) is 0 Å². The molecule has 0 N–H and O–H groups in total. The summed E-state index contributed by atoms with van der Waals surface area (Å²) >= 11 is 6.03. The maximum atomic E-state index is 12.3. The third-order valence-electron chi connectivity index (χ3n) is 2.86. The van der Waals surface area contributed by atoms with Gasteiger partial charge in [0.1, 0.15) is 0 Å². The van der Waals surface area contributed by atoms with Crippen molar-refractivity contribution in [1.29, 1.82) is 0 Å². The van der Waals surface area contributed by atoms with Gasteiger partial charge in [0, 0.05) is 23.3 Å². The Morgan fingerprint density at radius 1 is 1.26 bits per heavy atom. The molecule has 2 aromatic heterocycles. The highest BCUT2D eigenvalue weighted by atomic mass is 35.5. The first-order valence-corrected chi connectivity index (χ1v) is 6.17. The molecule has 0 atom stereocenters. The Kier molecular flexibility index (Phi) is 2.84. The first-order valence-electron chi connectivity index (χ1n) is 5.79. The number of hydrogen-bond donors (Lipinski definition) is 0. The first kappa shape index (κ1) is 11.9. The molecule has 0 aliphatic heterocycles. The number of aryl methyl sites for hydroxylation is 1. The number of rotatable bonds is 2. The number of carbonyl (C=O) groups excluding carboxylic acids is 1. The van der Waals surface area contributed by atoms with Gasteiger partial charge in [-0.3, -0.25) is 9.78 Å². The van der Waals surface area contributed by atoms with E-state index in [4.69, 9.17) is 16.0 Å². The highest BCUT2D eigenvalue weighted by molar-refractivity contribution is 6.35. The Balaban J connectivity index is 2.09. The van der Waals surface area contributed by atoms with Crippen LogP contribution in [0.2, 0.25) is 5.02 Å². The van der Waals surface area contributed by atoms with Crippen LogP contribution in [0.4, 0.5) is 0 Å². The van der Waals surface area contributed by atoms with Crippen molar-refractivity contribution in [3.05, 3.63) is 64.6 Å². The molecule has 0 amide bonds. The highest BCUT2D eigenvalue weighted by Crippen LogP contribution is 2.27. The summed E-state index contributed by atoms with van der Waals surface area (Å²) in [4.78, 5) is 16.3. The largest absolute Gasteiger partial charge is 0.451 e. The Hall–Kier alpha value is -2.13. The molecule has 3 rings (SSSR count). The molecule has 0 fully saturated rings. The van der Waals surface area contributed by atoms with Crippen molar-refractivity contribution in [3.8, 4) is 0 Å². The minimum Gasteiger partial charge on any atom is -0.451 e. The zero-order chi connectivity index (χ0) is 13.4. The Morgan fingerprint density at radius 3 is 2.84 bits per heavy atom. The van der Waals surface area contributed by atoms with E-state index in [1.807, 2.05) is 19.1 Å². The number of furan rings is 1. The predicted octanol–water partition coefficient (Wildman–Crippen LogP) is 4.02. The van der Waals surface area contributed by atoms with Crippen molar-refractivity contribution in [2.24, 2.45) is 0 Å². The molecule has 0 saturated heterocycles. The van der Waals surface area contributed by atoms with E-state index in [1.165, 1.54) is 6.20 Å². The van der Waals surface area contributed by atoms with Gasteiger partial charge in [-0.25, -0.2) is 0 Å². The Bertz CT molecular complexity index is 777. The van der Waals surface area contributed by atoms with Crippen molar-refractivity contribution in [1.82, 2.24) is 4.98 Å². The second-order valence-electron chi connectivity index (χ2n) is 4.35. The van der Waals surface area contributed by atoms with Crippen molar-refractivity contribution < 1.29 is 9.21 Å². The number of pyridine rings is 1. The van der Waals surface area contributed by atoms with Crippen molar-refractivity contribution >= 4 is 28.4 Å². The number of carbonyl (C=O) groups is 1. The Labute approximate surface area is 114 Å². The average Bonchev–Trinajstić information content (AvgIpc) is 2.83. The van der Waals surface area contributed by atoms with E-state index >= 15 is 0 Å². The molecule has 0 spiro atoms. The lowest BCUT2D eigenvalue weighted by molar-refractivity contribution is 0.101. The minimum absolute atomic E-state index is 0.191. The number of hydrogen-bond acceptors (Lipinski definition) is 3. The highest BCUT2D eigenvalue weighted by Gasteiger charge is 2.16. The van der Waals surface area contributed by atoms with Crippen LogP contribution in [-0.2, 0) is 0 Å². The quantitative estimate of drug-likeness (QED) is 0.661. The predicted molar refractivity (Wildman–Crippen MR) is 73.6 cm³/mol. The zero-order valence-electron chi connectivity index (χ0n) is 10.2. The van der Waals surface area contributed by atoms with E-state index in [0.717, 1.165) is 10.9 Å². The molecule has 19 heavy (non-hydrogen) atoms. The van der Waals surface area contributed by atoms with Gasteiger partial charge < -0.3 is 4.42 Å². The van der Waals surface area contributed by atoms with Crippen LogP contribution in [0, 0.1) is 6.92 Å². The van der Waals surface area contributed by atoms with Gasteiger partial charge in [0.15, 0.2) is 11.3 Å². The van der Waals surface area contributed by atoms with Gasteiger partial charge in [0.05, 0.1) is 5.02 Å². The van der Waals surface area contributed by atoms with Crippen LogP contribution in [0.5, 0.6) is 0 Å². The summed E-state index contributed by atoms with van der Waals surface area (Å²) in [6.07, 6.45) is 3.23. The van der Waals surface area contributed by atoms with Crippen molar-refractivity contribution in [3.63, 3.8) is 0 Å². The lowest BCUT2D eigenvalue weighted by Gasteiger charge is -1.98. The summed E-state index contributed by atoms with van der Waals surface area (Å²) in [6, 6.07) is 8.89. The van der Waals surface area contributed by atoms with Gasteiger partial charge >= 0.3 is 0 Å². The van der Waals surface area contributed by atoms with Gasteiger partial charge in [-0.1, -0.05) is 23.7 Å². The average molecular weight is 272 g/mol. The maximum Gasteiger partial charge on any atom is 0.229 e. The minimum atomic E-state index is -0.191. The summed E-state index contributed by atoms with van der Waals surface area (Å²) in [5.41, 5.74) is 1.98. The van der Waals surface area contributed by atoms with Gasteiger partial charge in [-0.2, -0.15) is 0 Å². The lowest BCUT2D eigenvalue weighted by Crippen LogP contribution is -2.00. The molecule has 0 bridgehead atoms.